The number of fused-ring (bicyclic) bond motifs is 1. The van der Waals surface area contributed by atoms with E-state index < -0.39 is 5.97 Å². The van der Waals surface area contributed by atoms with Crippen molar-refractivity contribution in [2.45, 2.75) is 18.9 Å². The van der Waals surface area contributed by atoms with Crippen LogP contribution < -0.4 is 5.32 Å². The molecule has 1 saturated heterocycles. The maximum absolute atomic E-state index is 11.1. The van der Waals surface area contributed by atoms with Crippen LogP contribution in [0.2, 0.25) is 0 Å². The molecule has 0 saturated carbocycles. The third-order valence-corrected chi connectivity index (χ3v) is 3.41. The van der Waals surface area contributed by atoms with Gasteiger partial charge in [-0.2, -0.15) is 5.10 Å². The zero-order chi connectivity index (χ0) is 12.5. The summed E-state index contributed by atoms with van der Waals surface area (Å²) in [5.41, 5.74) is 0.972. The molecule has 2 aromatic heterocycles. The van der Waals surface area contributed by atoms with Crippen LogP contribution in [0.15, 0.2) is 24.5 Å². The predicted molar refractivity (Wildman–Crippen MR) is 64.1 cm³/mol. The molecule has 6 heteroatoms. The maximum atomic E-state index is 11.1. The monoisotopic (exact) mass is 246 g/mol. The van der Waals surface area contributed by atoms with Crippen molar-refractivity contribution in [3.63, 3.8) is 0 Å². The number of nitrogens with one attached hydrogen (secondary N) is 1. The van der Waals surface area contributed by atoms with E-state index in [4.69, 9.17) is 5.11 Å². The number of aromatic nitrogens is 3. The molecule has 0 bridgehead atoms. The minimum Gasteiger partial charge on any atom is -0.481 e. The number of carboxylic acids is 1. The van der Waals surface area contributed by atoms with Crippen molar-refractivity contribution in [2.75, 3.05) is 6.54 Å². The predicted octanol–water partition coefficient (Wildman–Crippen LogP) is 0.855. The average Bonchev–Trinajstić information content (AvgIpc) is 2.87. The van der Waals surface area contributed by atoms with Gasteiger partial charge in [0.2, 0.25) is 0 Å². The van der Waals surface area contributed by atoms with Gasteiger partial charge in [-0.15, -0.1) is 0 Å². The molecule has 1 aliphatic heterocycles. The Kier molecular flexibility index (Phi) is 2.71. The van der Waals surface area contributed by atoms with Crippen LogP contribution in [0.4, 0.5) is 0 Å². The lowest BCUT2D eigenvalue weighted by Gasteiger charge is -2.27. The van der Waals surface area contributed by atoms with Crippen LogP contribution in [0, 0.1) is 5.92 Å². The third kappa shape index (κ3) is 1.84. The molecule has 94 valence electrons. The molecular formula is C12H14N4O2. The fourth-order valence-electron chi connectivity index (χ4n) is 2.45. The van der Waals surface area contributed by atoms with Crippen LogP contribution >= 0.6 is 0 Å². The van der Waals surface area contributed by atoms with Crippen molar-refractivity contribution in [1.82, 2.24) is 19.9 Å². The number of piperidine rings is 1. The second kappa shape index (κ2) is 4.38. The van der Waals surface area contributed by atoms with E-state index in [1.165, 1.54) is 0 Å². The lowest BCUT2D eigenvalue weighted by Crippen LogP contribution is -2.36. The van der Waals surface area contributed by atoms with Gasteiger partial charge in [-0.25, -0.2) is 9.50 Å². The molecule has 6 nitrogen and oxygen atoms in total. The molecule has 2 atom stereocenters. The minimum absolute atomic E-state index is 0.0524. The minimum atomic E-state index is -0.728. The normalized spacial score (nSPS) is 24.2. The maximum Gasteiger partial charge on any atom is 0.306 e. The largest absolute Gasteiger partial charge is 0.481 e. The van der Waals surface area contributed by atoms with E-state index in [0.29, 0.717) is 19.4 Å². The number of carbonyl (C=O) groups is 1. The summed E-state index contributed by atoms with van der Waals surface area (Å²) in [7, 11) is 0. The third-order valence-electron chi connectivity index (χ3n) is 3.41. The Labute approximate surface area is 104 Å². The van der Waals surface area contributed by atoms with Crippen molar-refractivity contribution < 1.29 is 9.90 Å². The smallest absolute Gasteiger partial charge is 0.306 e. The van der Waals surface area contributed by atoms with Gasteiger partial charge >= 0.3 is 5.97 Å². The number of aliphatic carboxylic acids is 1. The topological polar surface area (TPSA) is 79.5 Å². The molecule has 2 unspecified atom stereocenters. The van der Waals surface area contributed by atoms with E-state index in [-0.39, 0.29) is 12.0 Å². The molecule has 3 rings (SSSR count). The molecule has 1 fully saturated rings. The van der Waals surface area contributed by atoms with E-state index >= 15 is 0 Å². The van der Waals surface area contributed by atoms with Crippen molar-refractivity contribution >= 4 is 11.5 Å². The first-order valence-electron chi connectivity index (χ1n) is 6.00. The van der Waals surface area contributed by atoms with Crippen LogP contribution in [0.25, 0.3) is 5.52 Å². The number of carboxylic acid groups (broad SMARTS) is 1. The number of hydrogen-bond donors (Lipinski definition) is 2. The molecule has 0 amide bonds. The molecule has 0 spiro atoms. The van der Waals surface area contributed by atoms with Gasteiger partial charge in [0.1, 0.15) is 5.82 Å². The SMILES string of the molecule is O=C(O)C1CCNC(c2nccc3ccnn23)C1. The molecule has 2 aromatic rings. The van der Waals surface area contributed by atoms with Gasteiger partial charge < -0.3 is 10.4 Å². The highest BCUT2D eigenvalue weighted by atomic mass is 16.4. The van der Waals surface area contributed by atoms with Crippen LogP contribution in [-0.4, -0.2) is 32.2 Å². The molecule has 0 aliphatic carbocycles. The Morgan fingerprint density at radius 3 is 3.11 bits per heavy atom. The van der Waals surface area contributed by atoms with Crippen molar-refractivity contribution in [1.29, 1.82) is 0 Å². The Morgan fingerprint density at radius 2 is 2.28 bits per heavy atom. The average molecular weight is 246 g/mol. The number of hydrogen-bond acceptors (Lipinski definition) is 4. The van der Waals surface area contributed by atoms with Crippen molar-refractivity contribution in [3.8, 4) is 0 Å². The van der Waals surface area contributed by atoms with E-state index in [1.807, 2.05) is 12.1 Å². The second-order valence-electron chi connectivity index (χ2n) is 4.54. The van der Waals surface area contributed by atoms with E-state index in [2.05, 4.69) is 15.4 Å². The highest BCUT2D eigenvalue weighted by molar-refractivity contribution is 5.70. The summed E-state index contributed by atoms with van der Waals surface area (Å²) in [6.45, 7) is 0.695. The van der Waals surface area contributed by atoms with Crippen LogP contribution in [0.3, 0.4) is 0 Å². The Balaban J connectivity index is 1.94. The van der Waals surface area contributed by atoms with Gasteiger partial charge in [-0.05, 0) is 31.5 Å². The van der Waals surface area contributed by atoms with E-state index in [1.54, 1.807) is 16.9 Å². The highest BCUT2D eigenvalue weighted by Crippen LogP contribution is 2.26. The number of nitrogens with zero attached hydrogens (tertiary/aromatic N) is 3. The summed E-state index contributed by atoms with van der Waals surface area (Å²) < 4.78 is 1.77. The van der Waals surface area contributed by atoms with Gasteiger partial charge in [0.05, 0.1) is 23.7 Å². The van der Waals surface area contributed by atoms with E-state index in [9.17, 15) is 4.79 Å². The van der Waals surface area contributed by atoms with E-state index in [0.717, 1.165) is 11.3 Å². The summed E-state index contributed by atoms with van der Waals surface area (Å²) in [6.07, 6.45) is 4.68. The summed E-state index contributed by atoms with van der Waals surface area (Å²) in [5, 5.41) is 16.7. The van der Waals surface area contributed by atoms with Gasteiger partial charge in [0.15, 0.2) is 0 Å². The summed E-state index contributed by atoms with van der Waals surface area (Å²) in [6, 6.07) is 3.74. The van der Waals surface area contributed by atoms with Crippen LogP contribution in [-0.2, 0) is 4.79 Å². The van der Waals surface area contributed by atoms with Gasteiger partial charge in [0, 0.05) is 6.20 Å². The highest BCUT2D eigenvalue weighted by Gasteiger charge is 2.29. The molecule has 2 N–H and O–H groups in total. The fourth-order valence-corrected chi connectivity index (χ4v) is 2.45. The molecule has 18 heavy (non-hydrogen) atoms. The lowest BCUT2D eigenvalue weighted by atomic mass is 9.92. The zero-order valence-corrected chi connectivity index (χ0v) is 9.78. The molecular weight excluding hydrogens is 232 g/mol. The summed E-state index contributed by atoms with van der Waals surface area (Å²) >= 11 is 0. The Bertz CT molecular complexity index is 580. The van der Waals surface area contributed by atoms with Crippen LogP contribution in [0.1, 0.15) is 24.7 Å². The molecule has 1 aliphatic rings. The van der Waals surface area contributed by atoms with Crippen molar-refractivity contribution in [2.24, 2.45) is 5.92 Å². The fraction of sp³-hybridized carbons (Fsp3) is 0.417. The molecule has 0 radical (unpaired) electrons. The Hall–Kier alpha value is -1.95. The Morgan fingerprint density at radius 1 is 1.44 bits per heavy atom. The number of rotatable bonds is 2. The van der Waals surface area contributed by atoms with Gasteiger partial charge in [0.25, 0.3) is 0 Å². The first-order valence-corrected chi connectivity index (χ1v) is 6.00. The molecule has 0 aromatic carbocycles. The summed E-state index contributed by atoms with van der Waals surface area (Å²) in [5.74, 6) is -0.249. The quantitative estimate of drug-likeness (QED) is 0.821. The zero-order valence-electron chi connectivity index (χ0n) is 9.78. The molecule has 3 heterocycles. The van der Waals surface area contributed by atoms with Gasteiger partial charge in [-0.1, -0.05) is 0 Å². The van der Waals surface area contributed by atoms with Crippen molar-refractivity contribution in [3.05, 3.63) is 30.4 Å². The van der Waals surface area contributed by atoms with Crippen LogP contribution in [0.5, 0.6) is 0 Å². The first-order chi connectivity index (χ1) is 8.75. The first kappa shape index (κ1) is 11.2. The second-order valence-corrected chi connectivity index (χ2v) is 4.54. The van der Waals surface area contributed by atoms with Gasteiger partial charge in [-0.3, -0.25) is 4.79 Å². The lowest BCUT2D eigenvalue weighted by molar-refractivity contribution is -0.143. The summed E-state index contributed by atoms with van der Waals surface area (Å²) in [4.78, 5) is 15.4. The standard InChI is InChI=1S/C12H14N4O2/c17-12(18)8-1-4-13-10(7-8)11-14-5-2-9-3-6-15-16(9)11/h2-3,5-6,8,10,13H,1,4,7H2,(H,17,18).